The zero-order valence-electron chi connectivity index (χ0n) is 14.0. The molecule has 24 heavy (non-hydrogen) atoms. The minimum atomic E-state index is -0.0128. The van der Waals surface area contributed by atoms with E-state index in [1.807, 2.05) is 6.07 Å². The van der Waals surface area contributed by atoms with Crippen LogP contribution in [0, 0.1) is 11.3 Å². The van der Waals surface area contributed by atoms with Crippen LogP contribution in [0.4, 0.5) is 0 Å². The van der Waals surface area contributed by atoms with Gasteiger partial charge in [0.1, 0.15) is 6.07 Å². The molecule has 1 saturated carbocycles. The summed E-state index contributed by atoms with van der Waals surface area (Å²) in [5.41, 5.74) is 6.74. The average molecular weight is 334 g/mol. The monoisotopic (exact) mass is 334 g/mol. The zero-order valence-corrected chi connectivity index (χ0v) is 15.2. The van der Waals surface area contributed by atoms with Gasteiger partial charge in [0, 0.05) is 16.4 Å². The molecule has 1 aromatic heterocycles. The Kier molecular flexibility index (Phi) is 4.15. The second-order valence-corrected chi connectivity index (χ2v) is 8.29. The Hall–Kier alpha value is -1.71. The number of rotatable bonds is 2. The Labute approximate surface area is 146 Å². The summed E-state index contributed by atoms with van der Waals surface area (Å²) in [5, 5.41) is 10.0. The predicted molar refractivity (Wildman–Crippen MR) is 101 cm³/mol. The Morgan fingerprint density at radius 1 is 1.00 bits per heavy atom. The molecule has 1 heterocycles. The first kappa shape index (κ1) is 15.8. The smallest absolute Gasteiger partial charge is 0.102 e. The van der Waals surface area contributed by atoms with Crippen molar-refractivity contribution in [2.24, 2.45) is 0 Å². The van der Waals surface area contributed by atoms with Crippen LogP contribution in [-0.2, 0) is 18.0 Å². The van der Waals surface area contributed by atoms with Crippen LogP contribution in [0.15, 0.2) is 30.3 Å². The maximum absolute atomic E-state index is 10.0. The maximum atomic E-state index is 10.0. The van der Waals surface area contributed by atoms with Gasteiger partial charge in [0.15, 0.2) is 0 Å². The fourth-order valence-corrected chi connectivity index (χ4v) is 4.99. The predicted octanol–water partition coefficient (Wildman–Crippen LogP) is 5.14. The molecule has 1 aromatic carbocycles. The SMILES string of the molecule is N#Cc1c(C2(P)CCCC2)nc2c(c1-c1ccccc1)CCCC2. The molecule has 0 radical (unpaired) electrons. The van der Waals surface area contributed by atoms with Crippen LogP contribution in [0.25, 0.3) is 11.1 Å². The van der Waals surface area contributed by atoms with Crippen molar-refractivity contribution in [3.05, 3.63) is 52.8 Å². The lowest BCUT2D eigenvalue weighted by Gasteiger charge is -2.29. The van der Waals surface area contributed by atoms with E-state index in [1.165, 1.54) is 42.5 Å². The Balaban J connectivity index is 2.01. The standard InChI is InChI=1S/C21H23N2P/c22-14-17-19(15-8-2-1-3-9-15)16-10-4-5-11-18(16)23-20(17)21(24)12-6-7-13-21/h1-3,8-9H,4-7,10-13,24H2. The summed E-state index contributed by atoms with van der Waals surface area (Å²) in [5.74, 6) is 0. The van der Waals surface area contributed by atoms with Crippen molar-refractivity contribution in [1.29, 1.82) is 5.26 Å². The lowest BCUT2D eigenvalue weighted by molar-refractivity contribution is 0.605. The molecule has 122 valence electrons. The van der Waals surface area contributed by atoms with E-state index in [1.54, 1.807) is 0 Å². The van der Waals surface area contributed by atoms with Crippen molar-refractivity contribution in [2.45, 2.75) is 56.5 Å². The highest BCUT2D eigenvalue weighted by Crippen LogP contribution is 2.49. The molecule has 1 fully saturated rings. The summed E-state index contributed by atoms with van der Waals surface area (Å²) in [7, 11) is 3.05. The number of nitrogens with zero attached hydrogens (tertiary/aromatic N) is 2. The normalized spacial score (nSPS) is 18.8. The lowest BCUT2D eigenvalue weighted by Crippen LogP contribution is -2.21. The molecule has 2 aliphatic rings. The number of hydrogen-bond donors (Lipinski definition) is 0. The Morgan fingerprint density at radius 3 is 2.42 bits per heavy atom. The summed E-state index contributed by atoms with van der Waals surface area (Å²) >= 11 is 0. The Bertz CT molecular complexity index is 799. The van der Waals surface area contributed by atoms with Crippen LogP contribution in [0.3, 0.4) is 0 Å². The number of aromatic nitrogens is 1. The summed E-state index contributed by atoms with van der Waals surface area (Å²) in [4.78, 5) is 5.08. The van der Waals surface area contributed by atoms with E-state index in [2.05, 4.69) is 39.6 Å². The Morgan fingerprint density at radius 2 is 1.71 bits per heavy atom. The van der Waals surface area contributed by atoms with E-state index in [0.717, 1.165) is 42.5 Å². The van der Waals surface area contributed by atoms with E-state index in [9.17, 15) is 5.26 Å². The van der Waals surface area contributed by atoms with Gasteiger partial charge in [-0.2, -0.15) is 5.26 Å². The molecule has 1 atom stereocenters. The molecule has 3 heteroatoms. The molecule has 0 spiro atoms. The highest BCUT2D eigenvalue weighted by molar-refractivity contribution is 7.18. The quantitative estimate of drug-likeness (QED) is 0.713. The third kappa shape index (κ3) is 2.56. The summed E-state index contributed by atoms with van der Waals surface area (Å²) in [6.45, 7) is 0. The van der Waals surface area contributed by atoms with Crippen LogP contribution in [0.1, 0.15) is 61.0 Å². The van der Waals surface area contributed by atoms with Crippen LogP contribution in [-0.4, -0.2) is 4.98 Å². The third-order valence-electron chi connectivity index (χ3n) is 5.62. The molecule has 4 rings (SSSR count). The second-order valence-electron chi connectivity index (χ2n) is 7.18. The van der Waals surface area contributed by atoms with Crippen molar-refractivity contribution in [3.63, 3.8) is 0 Å². The van der Waals surface area contributed by atoms with Gasteiger partial charge in [-0.25, -0.2) is 0 Å². The second kappa shape index (κ2) is 6.30. The first-order valence-electron chi connectivity index (χ1n) is 9.03. The van der Waals surface area contributed by atoms with E-state index < -0.39 is 0 Å². The van der Waals surface area contributed by atoms with Crippen molar-refractivity contribution in [3.8, 4) is 17.2 Å². The number of benzene rings is 1. The van der Waals surface area contributed by atoms with Crippen molar-refractivity contribution >= 4 is 9.24 Å². The first-order valence-corrected chi connectivity index (χ1v) is 9.61. The molecular formula is C21H23N2P. The fraction of sp³-hybridized carbons (Fsp3) is 0.429. The van der Waals surface area contributed by atoms with Crippen LogP contribution >= 0.6 is 9.24 Å². The van der Waals surface area contributed by atoms with Gasteiger partial charge in [0.25, 0.3) is 0 Å². The highest BCUT2D eigenvalue weighted by Gasteiger charge is 2.37. The number of pyridine rings is 1. The lowest BCUT2D eigenvalue weighted by atomic mass is 9.83. The third-order valence-corrected chi connectivity index (χ3v) is 6.47. The molecule has 0 N–H and O–H groups in total. The van der Waals surface area contributed by atoms with Gasteiger partial charge in [-0.05, 0) is 49.7 Å². The van der Waals surface area contributed by atoms with E-state index >= 15 is 0 Å². The molecule has 1 unspecified atom stereocenters. The van der Waals surface area contributed by atoms with Gasteiger partial charge in [-0.1, -0.05) is 43.2 Å². The van der Waals surface area contributed by atoms with E-state index in [-0.39, 0.29) is 5.16 Å². The van der Waals surface area contributed by atoms with E-state index in [0.29, 0.717) is 0 Å². The minimum Gasteiger partial charge on any atom is -0.255 e. The zero-order chi connectivity index (χ0) is 16.6. The highest BCUT2D eigenvalue weighted by atomic mass is 31.0. The van der Waals surface area contributed by atoms with Crippen LogP contribution in [0.2, 0.25) is 0 Å². The summed E-state index contributed by atoms with van der Waals surface area (Å²) in [6.07, 6.45) is 9.20. The molecule has 0 amide bonds. The van der Waals surface area contributed by atoms with E-state index in [4.69, 9.17) is 4.98 Å². The van der Waals surface area contributed by atoms with Crippen molar-refractivity contribution in [1.82, 2.24) is 4.98 Å². The van der Waals surface area contributed by atoms with Gasteiger partial charge < -0.3 is 0 Å². The van der Waals surface area contributed by atoms with Crippen LogP contribution in [0.5, 0.6) is 0 Å². The molecule has 0 saturated heterocycles. The molecule has 2 aromatic rings. The first-order chi connectivity index (χ1) is 11.7. The van der Waals surface area contributed by atoms with Gasteiger partial charge in [0.2, 0.25) is 0 Å². The van der Waals surface area contributed by atoms with Crippen molar-refractivity contribution < 1.29 is 0 Å². The minimum absolute atomic E-state index is 0.0128. The summed E-state index contributed by atoms with van der Waals surface area (Å²) in [6, 6.07) is 13.0. The fourth-order valence-electron chi connectivity index (χ4n) is 4.38. The van der Waals surface area contributed by atoms with Gasteiger partial charge in [0.05, 0.1) is 11.3 Å². The largest absolute Gasteiger partial charge is 0.255 e. The number of aryl methyl sites for hydroxylation is 1. The molecule has 0 aliphatic heterocycles. The molecule has 2 aliphatic carbocycles. The molecule has 2 nitrogen and oxygen atoms in total. The van der Waals surface area contributed by atoms with Gasteiger partial charge >= 0.3 is 0 Å². The van der Waals surface area contributed by atoms with Gasteiger partial charge in [-0.3, -0.25) is 4.98 Å². The molecular weight excluding hydrogens is 311 g/mol. The maximum Gasteiger partial charge on any atom is 0.102 e. The van der Waals surface area contributed by atoms with Gasteiger partial charge in [-0.15, -0.1) is 9.24 Å². The van der Waals surface area contributed by atoms with Crippen molar-refractivity contribution in [2.75, 3.05) is 0 Å². The molecule has 0 bridgehead atoms. The number of hydrogen-bond acceptors (Lipinski definition) is 2. The number of fused-ring (bicyclic) bond motifs is 1. The number of nitriles is 1. The van der Waals surface area contributed by atoms with Crippen LogP contribution < -0.4 is 0 Å². The topological polar surface area (TPSA) is 36.7 Å². The average Bonchev–Trinajstić information content (AvgIpc) is 3.08. The summed E-state index contributed by atoms with van der Waals surface area (Å²) < 4.78 is 0.